The number of unbranched alkanes of at least 4 members (excludes halogenated alkanes) is 2. The van der Waals surface area contributed by atoms with Crippen molar-refractivity contribution in [2.24, 2.45) is 11.5 Å². The maximum absolute atomic E-state index is 11.9. The molecule has 140 valence electrons. The van der Waals surface area contributed by atoms with E-state index in [1.807, 2.05) is 13.8 Å². The second-order valence-corrected chi connectivity index (χ2v) is 7.86. The number of hydrogen-bond donors (Lipinski definition) is 2. The Hall–Kier alpha value is -0.210. The fraction of sp³-hybridized carbons (Fsp3) is 1.00. The second-order valence-electron chi connectivity index (χ2n) is 6.57. The van der Waals surface area contributed by atoms with Gasteiger partial charge < -0.3 is 11.5 Å². The second kappa shape index (κ2) is 10.6. The van der Waals surface area contributed by atoms with Crippen LogP contribution in [-0.2, 0) is 18.8 Å². The Balaban J connectivity index is 4.52. The molecule has 23 heavy (non-hydrogen) atoms. The van der Waals surface area contributed by atoms with E-state index in [1.165, 1.54) is 0 Å². The molecule has 0 aromatic heterocycles. The van der Waals surface area contributed by atoms with E-state index in [0.717, 1.165) is 38.5 Å². The predicted octanol–water partition coefficient (Wildman–Crippen LogP) is 2.86. The van der Waals surface area contributed by atoms with Gasteiger partial charge in [-0.25, -0.2) is 8.37 Å². The first-order valence-corrected chi connectivity index (χ1v) is 10.1. The summed E-state index contributed by atoms with van der Waals surface area (Å²) in [4.78, 5) is 0. The van der Waals surface area contributed by atoms with Gasteiger partial charge in [-0.05, 0) is 25.7 Å². The summed E-state index contributed by atoms with van der Waals surface area (Å²) in [6.45, 7) is 7.87. The lowest BCUT2D eigenvalue weighted by molar-refractivity contribution is 0.137. The van der Waals surface area contributed by atoms with Gasteiger partial charge in [0.05, 0.1) is 13.2 Å². The molecule has 6 nitrogen and oxygen atoms in total. The Morgan fingerprint density at radius 3 is 1.39 bits per heavy atom. The van der Waals surface area contributed by atoms with Crippen molar-refractivity contribution in [1.29, 1.82) is 0 Å². The summed E-state index contributed by atoms with van der Waals surface area (Å²) in [5, 5.41) is 0. The minimum atomic E-state index is -4.08. The Kier molecular flexibility index (Phi) is 10.5. The van der Waals surface area contributed by atoms with E-state index in [1.54, 1.807) is 0 Å². The molecule has 2 atom stereocenters. The number of rotatable bonds is 14. The third-order valence-electron chi connectivity index (χ3n) is 4.45. The van der Waals surface area contributed by atoms with Gasteiger partial charge in [-0.1, -0.05) is 53.4 Å². The van der Waals surface area contributed by atoms with Crippen LogP contribution in [0.2, 0.25) is 0 Å². The van der Waals surface area contributed by atoms with Crippen LogP contribution in [-0.4, -0.2) is 32.7 Å². The summed E-state index contributed by atoms with van der Waals surface area (Å²) < 4.78 is 33.9. The third-order valence-corrected chi connectivity index (χ3v) is 5.26. The Morgan fingerprint density at radius 1 is 0.783 bits per heavy atom. The van der Waals surface area contributed by atoms with Gasteiger partial charge in [-0.3, -0.25) is 0 Å². The minimum Gasteiger partial charge on any atom is -0.323 e. The molecule has 0 spiro atoms. The van der Waals surface area contributed by atoms with E-state index in [2.05, 4.69) is 13.8 Å². The Labute approximate surface area is 142 Å². The van der Waals surface area contributed by atoms with Crippen LogP contribution in [0.3, 0.4) is 0 Å². The molecule has 0 bridgehead atoms. The summed E-state index contributed by atoms with van der Waals surface area (Å²) in [6.07, 6.45) is 6.63. The highest BCUT2D eigenvalue weighted by Crippen LogP contribution is 2.20. The van der Waals surface area contributed by atoms with Gasteiger partial charge in [0.25, 0.3) is 0 Å². The number of hydrogen-bond acceptors (Lipinski definition) is 6. The van der Waals surface area contributed by atoms with Crippen molar-refractivity contribution in [2.45, 2.75) is 90.1 Å². The molecule has 0 rings (SSSR count). The molecule has 0 fully saturated rings. The molecular formula is C16H36N2O4S. The van der Waals surface area contributed by atoms with Crippen LogP contribution < -0.4 is 11.5 Å². The lowest BCUT2D eigenvalue weighted by Gasteiger charge is -2.29. The highest BCUT2D eigenvalue weighted by Gasteiger charge is 2.29. The zero-order chi connectivity index (χ0) is 18.0. The van der Waals surface area contributed by atoms with Gasteiger partial charge in [-0.2, -0.15) is 8.42 Å². The van der Waals surface area contributed by atoms with Crippen molar-refractivity contribution in [3.63, 3.8) is 0 Å². The summed E-state index contributed by atoms with van der Waals surface area (Å²) in [5.41, 5.74) is 11.1. The van der Waals surface area contributed by atoms with Gasteiger partial charge in [-0.15, -0.1) is 0 Å². The van der Waals surface area contributed by atoms with Crippen LogP contribution in [0.25, 0.3) is 0 Å². The molecule has 0 unspecified atom stereocenters. The Bertz CT molecular complexity index is 384. The first-order valence-electron chi connectivity index (χ1n) is 8.77. The largest absolute Gasteiger partial charge is 0.399 e. The lowest BCUT2D eigenvalue weighted by Crippen LogP contribution is -2.46. The van der Waals surface area contributed by atoms with E-state index in [0.29, 0.717) is 12.8 Å². The summed E-state index contributed by atoms with van der Waals surface area (Å²) >= 11 is 0. The minimum absolute atomic E-state index is 0.0650. The maximum atomic E-state index is 11.9. The third kappa shape index (κ3) is 9.62. The SMILES string of the molecule is CCCC[C@](N)(CC)COS(=O)(=O)OC[C@@](N)(CC)CCCC. The molecular weight excluding hydrogens is 316 g/mol. The molecule has 0 saturated carbocycles. The van der Waals surface area contributed by atoms with Crippen LogP contribution in [0.5, 0.6) is 0 Å². The summed E-state index contributed by atoms with van der Waals surface area (Å²) in [7, 11) is -4.08. The lowest BCUT2D eigenvalue weighted by atomic mass is 9.92. The number of nitrogens with two attached hydrogens (primary N) is 2. The molecule has 0 aliphatic carbocycles. The molecule has 0 aromatic carbocycles. The van der Waals surface area contributed by atoms with Crippen molar-refractivity contribution in [1.82, 2.24) is 0 Å². The van der Waals surface area contributed by atoms with Crippen molar-refractivity contribution in [3.05, 3.63) is 0 Å². The van der Waals surface area contributed by atoms with E-state index < -0.39 is 21.5 Å². The van der Waals surface area contributed by atoms with Gasteiger partial charge in [0.15, 0.2) is 0 Å². The molecule has 0 aliphatic rings. The monoisotopic (exact) mass is 352 g/mol. The van der Waals surface area contributed by atoms with Crippen molar-refractivity contribution < 1.29 is 16.8 Å². The van der Waals surface area contributed by atoms with E-state index in [-0.39, 0.29) is 13.2 Å². The maximum Gasteiger partial charge on any atom is 0.399 e. The van der Waals surface area contributed by atoms with Gasteiger partial charge in [0.2, 0.25) is 0 Å². The molecule has 0 radical (unpaired) electrons. The van der Waals surface area contributed by atoms with Crippen LogP contribution in [0, 0.1) is 0 Å². The van der Waals surface area contributed by atoms with E-state index in [4.69, 9.17) is 19.8 Å². The Morgan fingerprint density at radius 2 is 1.13 bits per heavy atom. The van der Waals surface area contributed by atoms with Gasteiger partial charge >= 0.3 is 10.4 Å². The van der Waals surface area contributed by atoms with Crippen LogP contribution in [0.4, 0.5) is 0 Å². The topological polar surface area (TPSA) is 105 Å². The van der Waals surface area contributed by atoms with E-state index in [9.17, 15) is 8.42 Å². The van der Waals surface area contributed by atoms with Gasteiger partial charge in [0.1, 0.15) is 0 Å². The van der Waals surface area contributed by atoms with Crippen molar-refractivity contribution >= 4 is 10.4 Å². The fourth-order valence-electron chi connectivity index (χ4n) is 2.17. The zero-order valence-corrected chi connectivity index (χ0v) is 16.1. The highest BCUT2D eigenvalue weighted by atomic mass is 32.3. The average Bonchev–Trinajstić information content (AvgIpc) is 2.55. The van der Waals surface area contributed by atoms with Gasteiger partial charge in [0, 0.05) is 11.1 Å². The predicted molar refractivity (Wildman–Crippen MR) is 94.3 cm³/mol. The van der Waals surface area contributed by atoms with Crippen molar-refractivity contribution in [2.75, 3.05) is 13.2 Å². The van der Waals surface area contributed by atoms with Crippen LogP contribution >= 0.6 is 0 Å². The molecule has 0 saturated heterocycles. The molecule has 4 N–H and O–H groups in total. The first-order chi connectivity index (χ1) is 10.7. The average molecular weight is 353 g/mol. The van der Waals surface area contributed by atoms with Crippen LogP contribution in [0.1, 0.15) is 79.1 Å². The smallest absolute Gasteiger partial charge is 0.323 e. The van der Waals surface area contributed by atoms with Crippen LogP contribution in [0.15, 0.2) is 0 Å². The molecule has 0 aromatic rings. The summed E-state index contributed by atoms with van der Waals surface area (Å²) in [5.74, 6) is 0. The standard InChI is InChI=1S/C16H36N2O4S/c1-5-9-11-15(17,7-3)13-21-23(19,20)22-14-16(18,8-4)12-10-6-2/h5-14,17-18H2,1-4H3/t15-,16-/m1/s1. The molecule has 0 amide bonds. The van der Waals surface area contributed by atoms with Crippen molar-refractivity contribution in [3.8, 4) is 0 Å². The van der Waals surface area contributed by atoms with E-state index >= 15 is 0 Å². The highest BCUT2D eigenvalue weighted by molar-refractivity contribution is 7.81. The molecule has 0 aliphatic heterocycles. The fourth-order valence-corrected chi connectivity index (χ4v) is 3.00. The molecule has 0 heterocycles. The molecule has 7 heteroatoms. The summed E-state index contributed by atoms with van der Waals surface area (Å²) in [6, 6.07) is 0. The zero-order valence-electron chi connectivity index (χ0n) is 15.3. The normalized spacial score (nSPS) is 17.7. The first kappa shape index (κ1) is 22.8. The quantitative estimate of drug-likeness (QED) is 0.498.